The van der Waals surface area contributed by atoms with Gasteiger partial charge in [0.25, 0.3) is 0 Å². The average molecular weight is 594 g/mol. The highest BCUT2D eigenvalue weighted by Gasteiger charge is 2.25. The first-order valence-corrected chi connectivity index (χ1v) is 15.6. The van der Waals surface area contributed by atoms with E-state index in [0.717, 1.165) is 57.2 Å². The van der Waals surface area contributed by atoms with Gasteiger partial charge in [0.05, 0.1) is 35.5 Å². The average Bonchev–Trinajstić information content (AvgIpc) is 3.72. The molecule has 1 aliphatic rings. The summed E-state index contributed by atoms with van der Waals surface area (Å²) in [5, 5.41) is 3.51. The topological polar surface area (TPSA) is 27.0 Å². The van der Waals surface area contributed by atoms with Gasteiger partial charge >= 0.3 is 0 Å². The van der Waals surface area contributed by atoms with E-state index in [0.29, 0.717) is 0 Å². The molecule has 220 valence electrons. The molecule has 0 amide bonds. The van der Waals surface area contributed by atoms with Crippen molar-refractivity contribution in [3.05, 3.63) is 158 Å². The number of para-hydroxylation sites is 4. The molecule has 1 aliphatic heterocycles. The summed E-state index contributed by atoms with van der Waals surface area (Å²) in [7, 11) is 2.15. The third-order valence-electron chi connectivity index (χ3n) is 9.12. The first-order valence-electron chi connectivity index (χ1n) is 15.6. The minimum absolute atomic E-state index is 0.804. The zero-order valence-corrected chi connectivity index (χ0v) is 25.5. The minimum atomic E-state index is 0.804. The second kappa shape index (κ2) is 10.5. The van der Waals surface area contributed by atoms with Crippen molar-refractivity contribution in [2.45, 2.75) is 0 Å². The van der Waals surface area contributed by atoms with Gasteiger partial charge in [-0.2, -0.15) is 0 Å². The van der Waals surface area contributed by atoms with Crippen molar-refractivity contribution in [2.75, 3.05) is 28.4 Å². The Morgan fingerprint density at radius 1 is 0.565 bits per heavy atom. The van der Waals surface area contributed by atoms with Crippen molar-refractivity contribution < 1.29 is 0 Å². The Morgan fingerprint density at radius 2 is 1.26 bits per heavy atom. The molecular formula is C41H31N5. The molecule has 6 aromatic carbocycles. The molecule has 0 radical (unpaired) electrons. The molecule has 0 saturated carbocycles. The Balaban J connectivity index is 1.25. The van der Waals surface area contributed by atoms with E-state index in [1.165, 1.54) is 22.1 Å². The highest BCUT2D eigenvalue weighted by molar-refractivity contribution is 6.13. The quantitative estimate of drug-likeness (QED) is 0.186. The molecule has 0 saturated heterocycles. The molecule has 0 bridgehead atoms. The zero-order chi connectivity index (χ0) is 30.6. The molecule has 2 aromatic heterocycles. The molecule has 0 aliphatic carbocycles. The van der Waals surface area contributed by atoms with Crippen molar-refractivity contribution in [1.29, 1.82) is 0 Å². The summed E-state index contributed by atoms with van der Waals surface area (Å²) in [5.74, 6) is 0. The van der Waals surface area contributed by atoms with E-state index in [1.807, 2.05) is 6.20 Å². The van der Waals surface area contributed by atoms with Gasteiger partial charge in [0, 0.05) is 46.1 Å². The normalized spacial score (nSPS) is 12.7. The lowest BCUT2D eigenvalue weighted by molar-refractivity contribution is 0.949. The molecule has 3 heterocycles. The second-order valence-electron chi connectivity index (χ2n) is 11.9. The van der Waals surface area contributed by atoms with Crippen molar-refractivity contribution in [1.82, 2.24) is 9.38 Å². The number of hydrogen-bond donors (Lipinski definition) is 0. The molecular weight excluding hydrogens is 562 g/mol. The fourth-order valence-electron chi connectivity index (χ4n) is 7.01. The van der Waals surface area contributed by atoms with Crippen LogP contribution in [-0.4, -0.2) is 23.1 Å². The molecule has 8 aromatic rings. The number of imidazole rings is 1. The summed E-state index contributed by atoms with van der Waals surface area (Å²) < 4.78 is 2.31. The Labute approximate surface area is 267 Å². The van der Waals surface area contributed by atoms with Gasteiger partial charge in [-0.1, -0.05) is 91.0 Å². The summed E-state index contributed by atoms with van der Waals surface area (Å²) >= 11 is 0. The van der Waals surface area contributed by atoms with Crippen LogP contribution >= 0.6 is 0 Å². The van der Waals surface area contributed by atoms with Crippen molar-refractivity contribution in [3.8, 4) is 11.3 Å². The predicted octanol–water partition coefficient (Wildman–Crippen LogP) is 10.3. The molecule has 9 rings (SSSR count). The lowest BCUT2D eigenvalue weighted by atomic mass is 10.0. The van der Waals surface area contributed by atoms with Gasteiger partial charge in [-0.3, -0.25) is 4.40 Å². The van der Waals surface area contributed by atoms with E-state index in [9.17, 15) is 0 Å². The van der Waals surface area contributed by atoms with E-state index < -0.39 is 0 Å². The lowest BCUT2D eigenvalue weighted by Gasteiger charge is -2.28. The molecule has 46 heavy (non-hydrogen) atoms. The predicted molar refractivity (Wildman–Crippen MR) is 192 cm³/mol. The third kappa shape index (κ3) is 4.13. The number of fused-ring (bicyclic) bond motifs is 7. The van der Waals surface area contributed by atoms with Crippen LogP contribution in [-0.2, 0) is 0 Å². The maximum absolute atomic E-state index is 5.05. The number of benzene rings is 6. The molecule has 0 N–H and O–H groups in total. The van der Waals surface area contributed by atoms with E-state index >= 15 is 0 Å². The maximum atomic E-state index is 5.05. The Bertz CT molecular complexity index is 2380. The van der Waals surface area contributed by atoms with Crippen LogP contribution in [0.4, 0.5) is 34.1 Å². The van der Waals surface area contributed by atoms with Crippen LogP contribution in [0.15, 0.2) is 158 Å². The van der Waals surface area contributed by atoms with Gasteiger partial charge in [-0.05, 0) is 66.0 Å². The van der Waals surface area contributed by atoms with Crippen molar-refractivity contribution >= 4 is 61.4 Å². The highest BCUT2D eigenvalue weighted by atomic mass is 15.4. The van der Waals surface area contributed by atoms with Crippen molar-refractivity contribution in [3.63, 3.8) is 0 Å². The van der Waals surface area contributed by atoms with Crippen LogP contribution in [0.25, 0.3) is 38.6 Å². The maximum Gasteiger partial charge on any atom is 0.145 e. The molecule has 5 heteroatoms. The minimum Gasteiger partial charge on any atom is -0.355 e. The van der Waals surface area contributed by atoms with Crippen LogP contribution in [0.2, 0.25) is 0 Å². The van der Waals surface area contributed by atoms with Gasteiger partial charge in [0.15, 0.2) is 0 Å². The van der Waals surface area contributed by atoms with Gasteiger partial charge < -0.3 is 14.7 Å². The Kier molecular flexibility index (Phi) is 6.03. The number of aromatic nitrogens is 2. The fourth-order valence-corrected chi connectivity index (χ4v) is 7.01. The van der Waals surface area contributed by atoms with E-state index in [1.54, 1.807) is 0 Å². The van der Waals surface area contributed by atoms with Crippen LogP contribution < -0.4 is 14.7 Å². The molecule has 0 fully saturated rings. The smallest absolute Gasteiger partial charge is 0.145 e. The van der Waals surface area contributed by atoms with Crippen LogP contribution in [0.3, 0.4) is 0 Å². The van der Waals surface area contributed by atoms with Crippen molar-refractivity contribution in [2.24, 2.45) is 0 Å². The van der Waals surface area contributed by atoms with Crippen LogP contribution in [0.1, 0.15) is 0 Å². The van der Waals surface area contributed by atoms with Gasteiger partial charge in [-0.25, -0.2) is 4.98 Å². The first-order chi connectivity index (χ1) is 22.7. The number of rotatable bonds is 5. The number of nitrogens with zero attached hydrogens (tertiary/aromatic N) is 5. The summed E-state index contributed by atoms with van der Waals surface area (Å²) in [4.78, 5) is 12.1. The lowest BCUT2D eigenvalue weighted by Crippen LogP contribution is -2.24. The fraction of sp³-hybridized carbons (Fsp3) is 0.0488. The summed E-state index contributed by atoms with van der Waals surface area (Å²) in [6, 6.07) is 54.1. The van der Waals surface area contributed by atoms with Gasteiger partial charge in [-0.15, -0.1) is 0 Å². The Morgan fingerprint density at radius 3 is 2.11 bits per heavy atom. The summed E-state index contributed by atoms with van der Waals surface area (Å²) in [5.41, 5.74) is 11.2. The monoisotopic (exact) mass is 593 g/mol. The first kappa shape index (κ1) is 26.3. The van der Waals surface area contributed by atoms with E-state index in [-0.39, 0.29) is 0 Å². The third-order valence-corrected chi connectivity index (χ3v) is 9.12. The molecule has 0 spiro atoms. The van der Waals surface area contributed by atoms with Crippen LogP contribution in [0.5, 0.6) is 0 Å². The number of pyridine rings is 1. The highest BCUT2D eigenvalue weighted by Crippen LogP contribution is 2.43. The molecule has 0 atom stereocenters. The second-order valence-corrected chi connectivity index (χ2v) is 11.9. The summed E-state index contributed by atoms with van der Waals surface area (Å²) in [6.07, 6.45) is 2.01. The molecule has 0 unspecified atom stereocenters. The van der Waals surface area contributed by atoms with Gasteiger partial charge in [0.1, 0.15) is 5.65 Å². The van der Waals surface area contributed by atoms with E-state index in [2.05, 4.69) is 178 Å². The zero-order valence-electron chi connectivity index (χ0n) is 25.5. The largest absolute Gasteiger partial charge is 0.355 e. The SMILES string of the molecule is CN1CN(c2cccc(N(c3ccccc3)c3ccc4c5ccccc5n5c(-c6ccccc6)cnc5c4c3)c2)c2ccccc21. The number of hydrogen-bond acceptors (Lipinski definition) is 4. The van der Waals surface area contributed by atoms with E-state index in [4.69, 9.17) is 4.98 Å². The van der Waals surface area contributed by atoms with Crippen LogP contribution in [0, 0.1) is 0 Å². The standard InChI is InChI=1S/C41H31N5/c1-43-28-44(39-22-11-10-21-38(39)43)31-17-12-18-32(25-31)45(30-15-6-3-7-16-30)33-23-24-34-35-19-8-9-20-37(35)46-40(29-13-4-2-5-14-29)27-42-41(46)36(34)26-33/h2-27H,28H2,1H3. The molecule has 5 nitrogen and oxygen atoms in total. The van der Waals surface area contributed by atoms with Gasteiger partial charge in [0.2, 0.25) is 0 Å². The Hall–Kier alpha value is -6.07. The number of anilines is 6. The summed E-state index contributed by atoms with van der Waals surface area (Å²) in [6.45, 7) is 0.804.